The first-order valence-electron chi connectivity index (χ1n) is 11.9. The number of fused-ring (bicyclic) bond motifs is 1. The fourth-order valence-electron chi connectivity index (χ4n) is 5.24. The summed E-state index contributed by atoms with van der Waals surface area (Å²) < 4.78 is 6.92. The van der Waals surface area contributed by atoms with Gasteiger partial charge in [0.2, 0.25) is 0 Å². The second-order valence-electron chi connectivity index (χ2n) is 9.21. The number of aliphatic carboxylic acids is 1. The molecule has 5 rings (SSSR count). The number of rotatable bonds is 6. The van der Waals surface area contributed by atoms with Gasteiger partial charge in [0.25, 0.3) is 0 Å². The van der Waals surface area contributed by atoms with E-state index in [0.717, 1.165) is 59.3 Å². The van der Waals surface area contributed by atoms with E-state index in [1.165, 1.54) is 7.11 Å². The van der Waals surface area contributed by atoms with Gasteiger partial charge < -0.3 is 15.6 Å². The van der Waals surface area contributed by atoms with Gasteiger partial charge >= 0.3 is 5.97 Å². The highest BCUT2D eigenvalue weighted by Gasteiger charge is 2.34. The van der Waals surface area contributed by atoms with Crippen LogP contribution in [-0.4, -0.2) is 43.9 Å². The van der Waals surface area contributed by atoms with Crippen molar-refractivity contribution in [3.8, 4) is 22.4 Å². The molecule has 35 heavy (non-hydrogen) atoms. The lowest BCUT2D eigenvalue weighted by atomic mass is 9.77. The highest BCUT2D eigenvalue weighted by molar-refractivity contribution is 5.79. The maximum Gasteiger partial charge on any atom is 0.333 e. The number of carboxylic acids is 1. The number of nitrogen functional groups attached to an aromatic ring is 1. The van der Waals surface area contributed by atoms with Crippen LogP contribution in [0.3, 0.4) is 0 Å². The van der Waals surface area contributed by atoms with Crippen LogP contribution in [-0.2, 0) is 9.53 Å². The minimum atomic E-state index is -0.897. The minimum absolute atomic E-state index is 0.00913. The summed E-state index contributed by atoms with van der Waals surface area (Å²) in [5.74, 6) is -0.0969. The molecule has 3 heterocycles. The van der Waals surface area contributed by atoms with Crippen molar-refractivity contribution in [1.82, 2.24) is 19.6 Å². The first-order chi connectivity index (χ1) is 17.0. The third kappa shape index (κ3) is 4.25. The van der Waals surface area contributed by atoms with Gasteiger partial charge in [-0.15, -0.1) is 0 Å². The largest absolute Gasteiger partial charge is 0.479 e. The van der Waals surface area contributed by atoms with E-state index >= 15 is 0 Å². The lowest BCUT2D eigenvalue weighted by Crippen LogP contribution is -2.34. The lowest BCUT2D eigenvalue weighted by molar-refractivity contribution is -0.152. The topological polar surface area (TPSA) is 116 Å². The Morgan fingerprint density at radius 3 is 2.46 bits per heavy atom. The van der Waals surface area contributed by atoms with Gasteiger partial charge in [0.1, 0.15) is 5.82 Å². The van der Waals surface area contributed by atoms with Crippen molar-refractivity contribution in [2.24, 2.45) is 5.92 Å². The highest BCUT2D eigenvalue weighted by atomic mass is 16.5. The van der Waals surface area contributed by atoms with E-state index in [0.29, 0.717) is 11.5 Å². The summed E-state index contributed by atoms with van der Waals surface area (Å²) >= 11 is 0. The van der Waals surface area contributed by atoms with Crippen LogP contribution in [0.4, 0.5) is 5.82 Å². The summed E-state index contributed by atoms with van der Waals surface area (Å²) in [5, 5.41) is 13.9. The van der Waals surface area contributed by atoms with Crippen molar-refractivity contribution in [3.63, 3.8) is 0 Å². The van der Waals surface area contributed by atoms with E-state index in [1.807, 2.05) is 55.6 Å². The Morgan fingerprint density at radius 2 is 1.83 bits per heavy atom. The molecule has 0 amide bonds. The predicted molar refractivity (Wildman–Crippen MR) is 134 cm³/mol. The fourth-order valence-corrected chi connectivity index (χ4v) is 5.24. The van der Waals surface area contributed by atoms with Gasteiger partial charge in [-0.1, -0.05) is 36.4 Å². The number of nitrogens with zero attached hydrogens (tertiary/aromatic N) is 4. The van der Waals surface area contributed by atoms with Crippen LogP contribution >= 0.6 is 0 Å². The van der Waals surface area contributed by atoms with Crippen LogP contribution in [0.1, 0.15) is 42.9 Å². The Hall–Kier alpha value is -3.78. The average Bonchev–Trinajstić information content (AvgIpc) is 3.32. The van der Waals surface area contributed by atoms with E-state index in [4.69, 9.17) is 15.5 Å². The molecule has 0 radical (unpaired) electrons. The van der Waals surface area contributed by atoms with Gasteiger partial charge in [-0.25, -0.2) is 9.78 Å². The molecule has 0 aliphatic heterocycles. The molecule has 3 aromatic heterocycles. The van der Waals surface area contributed by atoms with Crippen molar-refractivity contribution < 1.29 is 14.6 Å². The third-order valence-electron chi connectivity index (χ3n) is 7.19. The molecule has 8 heteroatoms. The standard InChI is InChI=1S/C27H29N5O3/c1-16-23(18-8-10-19(11-9-18)24(35-2)27(33)34)31-26-21(15-30-32(26)25(16)28)20-12-13-22(29-14-20)17-6-4-3-5-7-17/h3-7,12-15,18-19,24H,8-11,28H2,1-2H3,(H,33,34). The molecular weight excluding hydrogens is 442 g/mol. The van der Waals surface area contributed by atoms with E-state index in [2.05, 4.69) is 10.1 Å². The second kappa shape index (κ2) is 9.46. The smallest absolute Gasteiger partial charge is 0.333 e. The molecule has 4 aromatic rings. The zero-order valence-corrected chi connectivity index (χ0v) is 19.9. The Morgan fingerprint density at radius 1 is 1.09 bits per heavy atom. The van der Waals surface area contributed by atoms with Crippen LogP contribution in [0.5, 0.6) is 0 Å². The number of anilines is 1. The zero-order chi connectivity index (χ0) is 24.5. The number of benzene rings is 1. The van der Waals surface area contributed by atoms with Crippen molar-refractivity contribution in [3.05, 3.63) is 66.1 Å². The Kier molecular flexibility index (Phi) is 6.21. The maximum atomic E-state index is 11.5. The monoisotopic (exact) mass is 471 g/mol. The van der Waals surface area contributed by atoms with Crippen molar-refractivity contribution in [2.45, 2.75) is 44.6 Å². The van der Waals surface area contributed by atoms with E-state index in [-0.39, 0.29) is 11.8 Å². The first-order valence-corrected chi connectivity index (χ1v) is 11.9. The minimum Gasteiger partial charge on any atom is -0.479 e. The predicted octanol–water partition coefficient (Wildman–Crippen LogP) is 4.72. The number of nitrogens with two attached hydrogens (primary N) is 1. The molecule has 1 atom stereocenters. The molecule has 0 spiro atoms. The van der Waals surface area contributed by atoms with Crippen LogP contribution in [0.15, 0.2) is 54.9 Å². The number of pyridine rings is 1. The number of methoxy groups -OCH3 is 1. The van der Waals surface area contributed by atoms with Crippen LogP contribution < -0.4 is 5.73 Å². The average molecular weight is 472 g/mol. The summed E-state index contributed by atoms with van der Waals surface area (Å²) in [6, 6.07) is 14.1. The molecule has 0 bridgehead atoms. The summed E-state index contributed by atoms with van der Waals surface area (Å²) in [7, 11) is 1.47. The Labute approximate surface area is 203 Å². The van der Waals surface area contributed by atoms with Crippen molar-refractivity contribution in [2.75, 3.05) is 12.8 Å². The van der Waals surface area contributed by atoms with Gasteiger partial charge in [-0.2, -0.15) is 9.61 Å². The number of hydrogen-bond acceptors (Lipinski definition) is 6. The maximum absolute atomic E-state index is 11.5. The SMILES string of the molecule is COC(C(=O)O)C1CCC(c2nc3c(-c4ccc(-c5ccccc5)nc4)cnn3c(N)c2C)CC1. The van der Waals surface area contributed by atoms with Crippen LogP contribution in [0, 0.1) is 12.8 Å². The van der Waals surface area contributed by atoms with E-state index < -0.39 is 12.1 Å². The number of carbonyl (C=O) groups is 1. The summed E-state index contributed by atoms with van der Waals surface area (Å²) in [5.41, 5.74) is 12.9. The van der Waals surface area contributed by atoms with Gasteiger partial charge in [0, 0.05) is 41.5 Å². The fraction of sp³-hybridized carbons (Fsp3) is 0.333. The molecule has 1 aliphatic rings. The zero-order valence-electron chi connectivity index (χ0n) is 19.9. The molecule has 1 aromatic carbocycles. The summed E-state index contributed by atoms with van der Waals surface area (Å²) in [6.07, 6.45) is 6.12. The number of aromatic nitrogens is 4. The van der Waals surface area contributed by atoms with E-state index in [9.17, 15) is 9.90 Å². The Balaban J connectivity index is 1.45. The van der Waals surface area contributed by atoms with Crippen LogP contribution in [0.25, 0.3) is 28.0 Å². The van der Waals surface area contributed by atoms with Crippen molar-refractivity contribution in [1.29, 1.82) is 0 Å². The summed E-state index contributed by atoms with van der Waals surface area (Å²) in [6.45, 7) is 1.98. The quantitative estimate of drug-likeness (QED) is 0.418. The molecule has 1 aliphatic carbocycles. The first kappa shape index (κ1) is 23.0. The molecular formula is C27H29N5O3. The molecule has 0 saturated heterocycles. The second-order valence-corrected chi connectivity index (χ2v) is 9.21. The van der Waals surface area contributed by atoms with Gasteiger partial charge in [0.15, 0.2) is 11.8 Å². The van der Waals surface area contributed by atoms with Gasteiger partial charge in [-0.05, 0) is 44.6 Å². The summed E-state index contributed by atoms with van der Waals surface area (Å²) in [4.78, 5) is 21.2. The Bertz CT molecular complexity index is 1340. The molecule has 1 fully saturated rings. The molecule has 1 saturated carbocycles. The molecule has 3 N–H and O–H groups in total. The van der Waals surface area contributed by atoms with Gasteiger partial charge in [0.05, 0.1) is 17.6 Å². The number of hydrogen-bond donors (Lipinski definition) is 2. The van der Waals surface area contributed by atoms with E-state index in [1.54, 1.807) is 10.7 Å². The molecule has 1 unspecified atom stereocenters. The molecule has 8 nitrogen and oxygen atoms in total. The number of carboxylic acid groups (broad SMARTS) is 1. The normalized spacial score (nSPS) is 19.0. The number of ether oxygens (including phenoxy) is 1. The molecule has 180 valence electrons. The van der Waals surface area contributed by atoms with Gasteiger partial charge in [-0.3, -0.25) is 4.98 Å². The van der Waals surface area contributed by atoms with Crippen LogP contribution in [0.2, 0.25) is 0 Å². The lowest BCUT2D eigenvalue weighted by Gasteiger charge is -2.31. The van der Waals surface area contributed by atoms with Crippen molar-refractivity contribution >= 4 is 17.4 Å². The third-order valence-corrected chi connectivity index (χ3v) is 7.19. The highest BCUT2D eigenvalue weighted by Crippen LogP contribution is 2.40.